The first-order valence-corrected chi connectivity index (χ1v) is 5.78. The Morgan fingerprint density at radius 3 is 2.62 bits per heavy atom. The second kappa shape index (κ2) is 4.41. The van der Waals surface area contributed by atoms with Gasteiger partial charge in [-0.05, 0) is 32.6 Å². The van der Waals surface area contributed by atoms with E-state index in [4.69, 9.17) is 9.84 Å². The van der Waals surface area contributed by atoms with Crippen molar-refractivity contribution in [2.45, 2.75) is 50.9 Å². The number of carbonyl (C=O) groups is 2. The van der Waals surface area contributed by atoms with Crippen LogP contribution in [0.15, 0.2) is 0 Å². The van der Waals surface area contributed by atoms with Gasteiger partial charge in [0.15, 0.2) is 0 Å². The minimum atomic E-state index is -0.906. The third-order valence-electron chi connectivity index (χ3n) is 3.33. The van der Waals surface area contributed by atoms with Crippen molar-refractivity contribution in [1.82, 2.24) is 4.90 Å². The van der Waals surface area contributed by atoms with Crippen LogP contribution in [0, 0.1) is 0 Å². The molecule has 0 radical (unpaired) electrons. The van der Waals surface area contributed by atoms with Gasteiger partial charge in [-0.25, -0.2) is 4.79 Å². The summed E-state index contributed by atoms with van der Waals surface area (Å²) in [5.74, 6) is -1.05. The van der Waals surface area contributed by atoms with Gasteiger partial charge in [-0.1, -0.05) is 0 Å². The van der Waals surface area contributed by atoms with Gasteiger partial charge in [0.05, 0.1) is 6.10 Å². The van der Waals surface area contributed by atoms with Crippen LogP contribution in [0.5, 0.6) is 0 Å². The molecule has 2 saturated heterocycles. The summed E-state index contributed by atoms with van der Waals surface area (Å²) < 4.78 is 5.48. The summed E-state index contributed by atoms with van der Waals surface area (Å²) in [5.41, 5.74) is 0. The molecule has 0 unspecified atom stereocenters. The number of hydrogen-bond acceptors (Lipinski definition) is 3. The number of hydrogen-bond donors (Lipinski definition) is 1. The van der Waals surface area contributed by atoms with Gasteiger partial charge in [0.1, 0.15) is 12.1 Å². The summed E-state index contributed by atoms with van der Waals surface area (Å²) in [4.78, 5) is 24.5. The lowest BCUT2D eigenvalue weighted by Crippen LogP contribution is -2.45. The van der Waals surface area contributed by atoms with Crippen molar-refractivity contribution < 1.29 is 19.4 Å². The molecule has 2 heterocycles. The lowest BCUT2D eigenvalue weighted by Gasteiger charge is -2.24. The number of carboxylic acid groups (broad SMARTS) is 1. The van der Waals surface area contributed by atoms with Crippen LogP contribution in [0.4, 0.5) is 0 Å². The Morgan fingerprint density at radius 2 is 2.06 bits per heavy atom. The molecule has 5 nitrogen and oxygen atoms in total. The summed E-state index contributed by atoms with van der Waals surface area (Å²) in [6, 6.07) is -0.646. The number of likely N-dealkylation sites (tertiary alicyclic amines) is 1. The predicted molar refractivity (Wildman–Crippen MR) is 55.9 cm³/mol. The van der Waals surface area contributed by atoms with E-state index in [2.05, 4.69) is 0 Å². The van der Waals surface area contributed by atoms with E-state index in [-0.39, 0.29) is 12.0 Å². The molecule has 0 bridgehead atoms. The topological polar surface area (TPSA) is 66.8 Å². The molecule has 1 amide bonds. The number of nitrogens with zero attached hydrogens (tertiary/aromatic N) is 1. The molecule has 2 aliphatic heterocycles. The molecule has 16 heavy (non-hydrogen) atoms. The molecule has 90 valence electrons. The monoisotopic (exact) mass is 227 g/mol. The number of ether oxygens (including phenoxy) is 1. The smallest absolute Gasteiger partial charge is 0.326 e. The van der Waals surface area contributed by atoms with Crippen molar-refractivity contribution in [2.24, 2.45) is 0 Å². The average Bonchev–Trinajstić information content (AvgIpc) is 2.84. The highest BCUT2D eigenvalue weighted by Crippen LogP contribution is 2.25. The molecule has 1 N–H and O–H groups in total. The van der Waals surface area contributed by atoms with Crippen molar-refractivity contribution in [2.75, 3.05) is 6.54 Å². The summed E-state index contributed by atoms with van der Waals surface area (Å²) in [6.45, 7) is 2.48. The Hall–Kier alpha value is -1.10. The molecule has 0 aromatic heterocycles. The highest BCUT2D eigenvalue weighted by molar-refractivity contribution is 5.87. The van der Waals surface area contributed by atoms with Crippen LogP contribution in [0.3, 0.4) is 0 Å². The molecule has 2 aliphatic rings. The van der Waals surface area contributed by atoms with Gasteiger partial charge in [-0.2, -0.15) is 0 Å². The quantitative estimate of drug-likeness (QED) is 0.751. The first-order chi connectivity index (χ1) is 7.59. The van der Waals surface area contributed by atoms with E-state index in [1.807, 2.05) is 6.92 Å². The van der Waals surface area contributed by atoms with E-state index >= 15 is 0 Å². The molecule has 2 rings (SSSR count). The number of amides is 1. The highest BCUT2D eigenvalue weighted by atomic mass is 16.5. The SMILES string of the molecule is C[C@@H]1CC[C@H](C(=O)N2CCC[C@H]2C(=O)O)O1. The average molecular weight is 227 g/mol. The Bertz CT molecular complexity index is 304. The Labute approximate surface area is 94.4 Å². The molecule has 0 aliphatic carbocycles. The zero-order valence-electron chi connectivity index (χ0n) is 9.39. The first kappa shape index (κ1) is 11.4. The van der Waals surface area contributed by atoms with Crippen LogP contribution in [0.1, 0.15) is 32.6 Å². The molecule has 5 heteroatoms. The van der Waals surface area contributed by atoms with Crippen molar-refractivity contribution in [3.8, 4) is 0 Å². The van der Waals surface area contributed by atoms with Crippen LogP contribution in [-0.2, 0) is 14.3 Å². The molecular formula is C11H17NO4. The van der Waals surface area contributed by atoms with Gasteiger partial charge in [0, 0.05) is 6.54 Å². The van der Waals surface area contributed by atoms with Crippen LogP contribution < -0.4 is 0 Å². The van der Waals surface area contributed by atoms with Crippen molar-refractivity contribution in [3.05, 3.63) is 0 Å². The van der Waals surface area contributed by atoms with Crippen LogP contribution in [0.25, 0.3) is 0 Å². The fourth-order valence-corrected chi connectivity index (χ4v) is 2.46. The maximum Gasteiger partial charge on any atom is 0.326 e. The van der Waals surface area contributed by atoms with E-state index in [0.29, 0.717) is 19.4 Å². The summed E-state index contributed by atoms with van der Waals surface area (Å²) >= 11 is 0. The molecule has 2 fully saturated rings. The van der Waals surface area contributed by atoms with Gasteiger partial charge in [-0.15, -0.1) is 0 Å². The molecule has 0 aromatic rings. The fraction of sp³-hybridized carbons (Fsp3) is 0.818. The second-order valence-electron chi connectivity index (χ2n) is 4.54. The normalized spacial score (nSPS) is 34.3. The lowest BCUT2D eigenvalue weighted by atomic mass is 10.1. The number of carbonyl (C=O) groups excluding carboxylic acids is 1. The fourth-order valence-electron chi connectivity index (χ4n) is 2.46. The molecule has 0 spiro atoms. The van der Waals surface area contributed by atoms with E-state index in [9.17, 15) is 9.59 Å². The van der Waals surface area contributed by atoms with E-state index in [0.717, 1.165) is 12.8 Å². The van der Waals surface area contributed by atoms with Crippen LogP contribution in [0.2, 0.25) is 0 Å². The van der Waals surface area contributed by atoms with Crippen LogP contribution >= 0.6 is 0 Å². The van der Waals surface area contributed by atoms with E-state index in [1.54, 1.807) is 0 Å². The van der Waals surface area contributed by atoms with Gasteiger partial charge in [0.25, 0.3) is 5.91 Å². The first-order valence-electron chi connectivity index (χ1n) is 5.78. The molecule has 0 aromatic carbocycles. The summed E-state index contributed by atoms with van der Waals surface area (Å²) in [6.07, 6.45) is 2.61. The highest BCUT2D eigenvalue weighted by Gasteiger charge is 2.39. The number of carboxylic acids is 1. The van der Waals surface area contributed by atoms with E-state index < -0.39 is 18.1 Å². The third-order valence-corrected chi connectivity index (χ3v) is 3.33. The van der Waals surface area contributed by atoms with Gasteiger partial charge in [-0.3, -0.25) is 4.79 Å². The molecule has 3 atom stereocenters. The minimum absolute atomic E-state index is 0.111. The van der Waals surface area contributed by atoms with Crippen LogP contribution in [-0.4, -0.2) is 46.7 Å². The second-order valence-corrected chi connectivity index (χ2v) is 4.54. The maximum absolute atomic E-state index is 12.0. The predicted octanol–water partition coefficient (Wildman–Crippen LogP) is 0.629. The Kier molecular flexibility index (Phi) is 3.14. The summed E-state index contributed by atoms with van der Waals surface area (Å²) in [7, 11) is 0. The third kappa shape index (κ3) is 2.04. The zero-order chi connectivity index (χ0) is 11.7. The van der Waals surface area contributed by atoms with Gasteiger partial charge >= 0.3 is 5.97 Å². The Balaban J connectivity index is 2.01. The number of aliphatic carboxylic acids is 1. The molecule has 0 saturated carbocycles. The maximum atomic E-state index is 12.0. The molecular weight excluding hydrogens is 210 g/mol. The van der Waals surface area contributed by atoms with Crippen molar-refractivity contribution in [1.29, 1.82) is 0 Å². The Morgan fingerprint density at radius 1 is 1.31 bits per heavy atom. The lowest BCUT2D eigenvalue weighted by molar-refractivity contribution is -0.153. The zero-order valence-corrected chi connectivity index (χ0v) is 9.39. The van der Waals surface area contributed by atoms with Gasteiger partial charge in [0.2, 0.25) is 0 Å². The van der Waals surface area contributed by atoms with Crippen molar-refractivity contribution >= 4 is 11.9 Å². The number of rotatable bonds is 2. The van der Waals surface area contributed by atoms with Gasteiger partial charge < -0.3 is 14.7 Å². The largest absolute Gasteiger partial charge is 0.480 e. The standard InChI is InChI=1S/C11H17NO4/c1-7-4-5-9(16-7)10(13)12-6-2-3-8(12)11(14)15/h7-9H,2-6H2,1H3,(H,14,15)/t7-,8+,9-/m1/s1. The minimum Gasteiger partial charge on any atom is -0.480 e. The summed E-state index contributed by atoms with van der Waals surface area (Å²) in [5, 5.41) is 8.99. The van der Waals surface area contributed by atoms with E-state index in [1.165, 1.54) is 4.90 Å². The van der Waals surface area contributed by atoms with Crippen molar-refractivity contribution in [3.63, 3.8) is 0 Å².